The average Bonchev–Trinajstić information content (AvgIpc) is 2.67. The van der Waals surface area contributed by atoms with Gasteiger partial charge in [-0.25, -0.2) is 9.82 Å². The number of benzene rings is 2. The summed E-state index contributed by atoms with van der Waals surface area (Å²) in [4.78, 5) is 24.2. The summed E-state index contributed by atoms with van der Waals surface area (Å²) in [7, 11) is 2.97. The third kappa shape index (κ3) is 6.10. The molecule has 0 fully saturated rings. The lowest BCUT2D eigenvalue weighted by Crippen LogP contribution is -2.21. The minimum Gasteiger partial charge on any atom is -0.497 e. The smallest absolute Gasteiger partial charge is 0.271 e. The fourth-order valence-electron chi connectivity index (χ4n) is 2.16. The second kappa shape index (κ2) is 9.33. The number of hydrazone groups is 1. The maximum Gasteiger partial charge on any atom is 0.271 e. The van der Waals surface area contributed by atoms with Crippen molar-refractivity contribution in [2.45, 2.75) is 13.3 Å². The SMILES string of the molecule is COc1cc(OC)cc(C(=O)N/N=C(\C)CC(=O)Nc2ccc(F)cc2)c1. The first-order valence-corrected chi connectivity index (χ1v) is 8.03. The molecular weight excluding hydrogens is 353 g/mol. The van der Waals surface area contributed by atoms with E-state index in [0.29, 0.717) is 28.5 Å². The van der Waals surface area contributed by atoms with Gasteiger partial charge in [0, 0.05) is 23.0 Å². The summed E-state index contributed by atoms with van der Waals surface area (Å²) in [5.74, 6) is -0.244. The molecule has 2 amide bonds. The Labute approximate surface area is 156 Å². The van der Waals surface area contributed by atoms with E-state index >= 15 is 0 Å². The van der Waals surface area contributed by atoms with Gasteiger partial charge in [0.1, 0.15) is 17.3 Å². The number of rotatable bonds is 7. The second-order valence-corrected chi connectivity index (χ2v) is 5.62. The number of nitrogens with zero attached hydrogens (tertiary/aromatic N) is 1. The Morgan fingerprint density at radius 1 is 1.04 bits per heavy atom. The van der Waals surface area contributed by atoms with E-state index in [1.54, 1.807) is 25.1 Å². The monoisotopic (exact) mass is 373 g/mol. The van der Waals surface area contributed by atoms with Crippen LogP contribution in [0.1, 0.15) is 23.7 Å². The second-order valence-electron chi connectivity index (χ2n) is 5.62. The van der Waals surface area contributed by atoms with Crippen molar-refractivity contribution < 1.29 is 23.5 Å². The molecule has 2 aromatic rings. The Kier molecular flexibility index (Phi) is 6.87. The Morgan fingerprint density at radius 3 is 2.19 bits per heavy atom. The maximum absolute atomic E-state index is 12.9. The molecule has 0 bridgehead atoms. The third-order valence-corrected chi connectivity index (χ3v) is 3.51. The third-order valence-electron chi connectivity index (χ3n) is 3.51. The maximum atomic E-state index is 12.9. The molecule has 0 atom stereocenters. The number of carbonyl (C=O) groups is 2. The lowest BCUT2D eigenvalue weighted by atomic mass is 10.2. The van der Waals surface area contributed by atoms with E-state index in [-0.39, 0.29) is 18.1 Å². The van der Waals surface area contributed by atoms with E-state index in [0.717, 1.165) is 0 Å². The van der Waals surface area contributed by atoms with Crippen LogP contribution in [-0.2, 0) is 4.79 Å². The van der Waals surface area contributed by atoms with Crippen LogP contribution >= 0.6 is 0 Å². The Hall–Kier alpha value is -3.42. The predicted molar refractivity (Wildman–Crippen MR) is 99.8 cm³/mol. The van der Waals surface area contributed by atoms with Gasteiger partial charge < -0.3 is 14.8 Å². The lowest BCUT2D eigenvalue weighted by Gasteiger charge is -2.08. The van der Waals surface area contributed by atoms with Crippen LogP contribution in [0.2, 0.25) is 0 Å². The molecule has 27 heavy (non-hydrogen) atoms. The number of methoxy groups -OCH3 is 2. The Morgan fingerprint density at radius 2 is 1.63 bits per heavy atom. The van der Waals surface area contributed by atoms with E-state index in [4.69, 9.17) is 9.47 Å². The number of carbonyl (C=O) groups excluding carboxylic acids is 2. The predicted octanol–water partition coefficient (Wildman–Crippen LogP) is 2.98. The van der Waals surface area contributed by atoms with Crippen molar-refractivity contribution in [1.82, 2.24) is 5.43 Å². The number of halogens is 1. The van der Waals surface area contributed by atoms with Gasteiger partial charge in [-0.2, -0.15) is 5.10 Å². The molecule has 0 heterocycles. The minimum absolute atomic E-state index is 0.0287. The summed E-state index contributed by atoms with van der Waals surface area (Å²) in [5.41, 5.74) is 3.57. The molecular formula is C19H20FN3O4. The topological polar surface area (TPSA) is 89.0 Å². The van der Waals surface area contributed by atoms with Gasteiger partial charge in [-0.15, -0.1) is 0 Å². The van der Waals surface area contributed by atoms with Crippen LogP contribution in [0.15, 0.2) is 47.6 Å². The van der Waals surface area contributed by atoms with Gasteiger partial charge in [0.15, 0.2) is 0 Å². The van der Waals surface area contributed by atoms with Crippen molar-refractivity contribution in [1.29, 1.82) is 0 Å². The molecule has 8 heteroatoms. The zero-order valence-electron chi connectivity index (χ0n) is 15.2. The molecule has 0 aliphatic rings. The fraction of sp³-hybridized carbons (Fsp3) is 0.211. The molecule has 142 valence electrons. The molecule has 0 saturated heterocycles. The van der Waals surface area contributed by atoms with Crippen LogP contribution < -0.4 is 20.2 Å². The summed E-state index contributed by atoms with van der Waals surface area (Å²) in [6.45, 7) is 1.61. The largest absolute Gasteiger partial charge is 0.497 e. The molecule has 0 radical (unpaired) electrons. The standard InChI is InChI=1S/C19H20FN3O4/c1-12(8-18(24)21-15-6-4-14(20)5-7-15)22-23-19(25)13-9-16(26-2)11-17(10-13)27-3/h4-7,9-11H,8H2,1-3H3,(H,21,24)(H,23,25)/b22-12+. The summed E-state index contributed by atoms with van der Waals surface area (Å²) in [6.07, 6.45) is -0.0287. The molecule has 7 nitrogen and oxygen atoms in total. The van der Waals surface area contributed by atoms with Crippen molar-refractivity contribution in [2.24, 2.45) is 5.10 Å². The molecule has 0 aliphatic heterocycles. The van der Waals surface area contributed by atoms with Gasteiger partial charge in [-0.3, -0.25) is 9.59 Å². The number of ether oxygens (including phenoxy) is 2. The molecule has 2 aromatic carbocycles. The normalized spacial score (nSPS) is 10.9. The highest BCUT2D eigenvalue weighted by atomic mass is 19.1. The van der Waals surface area contributed by atoms with Crippen LogP contribution in [0.5, 0.6) is 11.5 Å². The lowest BCUT2D eigenvalue weighted by molar-refractivity contribution is -0.115. The zero-order chi connectivity index (χ0) is 19.8. The first kappa shape index (κ1) is 19.9. The van der Waals surface area contributed by atoms with Crippen molar-refractivity contribution >= 4 is 23.2 Å². The van der Waals surface area contributed by atoms with Gasteiger partial charge in [0.25, 0.3) is 5.91 Å². The first-order valence-electron chi connectivity index (χ1n) is 8.03. The van der Waals surface area contributed by atoms with Crippen molar-refractivity contribution in [3.05, 3.63) is 53.8 Å². The van der Waals surface area contributed by atoms with Crippen LogP contribution in [0.4, 0.5) is 10.1 Å². The van der Waals surface area contributed by atoms with Crippen LogP contribution in [-0.4, -0.2) is 31.7 Å². The van der Waals surface area contributed by atoms with E-state index in [2.05, 4.69) is 15.8 Å². The highest BCUT2D eigenvalue weighted by Crippen LogP contribution is 2.22. The quantitative estimate of drug-likeness (QED) is 0.577. The zero-order valence-corrected chi connectivity index (χ0v) is 15.2. The molecule has 0 aromatic heterocycles. The summed E-state index contributed by atoms with van der Waals surface area (Å²) < 4.78 is 23.1. The minimum atomic E-state index is -0.467. The first-order chi connectivity index (χ1) is 12.9. The molecule has 2 rings (SSSR count). The van der Waals surface area contributed by atoms with Gasteiger partial charge in [0.05, 0.1) is 20.6 Å². The number of nitrogens with one attached hydrogen (secondary N) is 2. The number of amides is 2. The van der Waals surface area contributed by atoms with Crippen molar-refractivity contribution in [3.8, 4) is 11.5 Å². The fourth-order valence-corrected chi connectivity index (χ4v) is 2.16. The molecule has 0 saturated carbocycles. The average molecular weight is 373 g/mol. The van der Waals surface area contributed by atoms with Gasteiger partial charge in [-0.05, 0) is 43.3 Å². The molecule has 0 aliphatic carbocycles. The van der Waals surface area contributed by atoms with Crippen molar-refractivity contribution in [3.63, 3.8) is 0 Å². The van der Waals surface area contributed by atoms with Crippen molar-refractivity contribution in [2.75, 3.05) is 19.5 Å². The highest BCUT2D eigenvalue weighted by Gasteiger charge is 2.10. The highest BCUT2D eigenvalue weighted by molar-refractivity contribution is 6.06. The van der Waals surface area contributed by atoms with E-state index < -0.39 is 5.91 Å². The molecule has 0 unspecified atom stereocenters. The summed E-state index contributed by atoms with van der Waals surface area (Å²) in [6, 6.07) is 10.1. The van der Waals surface area contributed by atoms with Gasteiger partial charge in [0.2, 0.25) is 5.91 Å². The Balaban J connectivity index is 1.95. The molecule has 0 spiro atoms. The Bertz CT molecular complexity index is 828. The van der Waals surface area contributed by atoms with Crippen LogP contribution in [0.25, 0.3) is 0 Å². The number of anilines is 1. The van der Waals surface area contributed by atoms with Gasteiger partial charge in [-0.1, -0.05) is 0 Å². The van der Waals surface area contributed by atoms with E-state index in [9.17, 15) is 14.0 Å². The summed E-state index contributed by atoms with van der Waals surface area (Å²) in [5, 5.41) is 6.54. The molecule has 2 N–H and O–H groups in total. The van der Waals surface area contributed by atoms with E-state index in [1.165, 1.54) is 38.5 Å². The summed E-state index contributed by atoms with van der Waals surface area (Å²) >= 11 is 0. The van der Waals surface area contributed by atoms with Crippen LogP contribution in [0, 0.1) is 5.82 Å². The van der Waals surface area contributed by atoms with E-state index in [1.807, 2.05) is 0 Å². The van der Waals surface area contributed by atoms with Gasteiger partial charge >= 0.3 is 0 Å². The number of hydrogen-bond acceptors (Lipinski definition) is 5. The number of hydrogen-bond donors (Lipinski definition) is 2. The van der Waals surface area contributed by atoms with Crippen LogP contribution in [0.3, 0.4) is 0 Å².